The van der Waals surface area contributed by atoms with Crippen LogP contribution in [0.5, 0.6) is 0 Å². The number of nitriles is 1. The molecule has 1 heterocycles. The lowest BCUT2D eigenvalue weighted by Crippen LogP contribution is -2.08. The predicted molar refractivity (Wildman–Crippen MR) is 52.1 cm³/mol. The van der Waals surface area contributed by atoms with Crippen molar-refractivity contribution in [1.29, 1.82) is 5.26 Å². The zero-order valence-electron chi connectivity index (χ0n) is 7.37. The summed E-state index contributed by atoms with van der Waals surface area (Å²) in [5.74, 6) is 0.753. The van der Waals surface area contributed by atoms with Crippen LogP contribution in [0.15, 0.2) is 10.8 Å². The molecule has 1 aliphatic carbocycles. The number of aromatic nitrogens is 2. The standard InChI is InChI=1S/C9H10BrN3/c1-6(7-2-3-7)13-9(10)8(4-11)5-12-13/h5-7H,2-3H2,1H3. The lowest BCUT2D eigenvalue weighted by atomic mass is 10.2. The Morgan fingerprint density at radius 3 is 2.92 bits per heavy atom. The minimum atomic E-state index is 0.413. The molecule has 1 saturated carbocycles. The molecule has 13 heavy (non-hydrogen) atoms. The molecule has 3 nitrogen and oxygen atoms in total. The molecular weight excluding hydrogens is 230 g/mol. The number of hydrogen-bond donors (Lipinski definition) is 0. The molecule has 1 aliphatic rings. The van der Waals surface area contributed by atoms with Crippen LogP contribution in [0.2, 0.25) is 0 Å². The summed E-state index contributed by atoms with van der Waals surface area (Å²) in [5, 5.41) is 12.9. The van der Waals surface area contributed by atoms with Gasteiger partial charge in [-0.25, -0.2) is 0 Å². The van der Waals surface area contributed by atoms with Gasteiger partial charge >= 0.3 is 0 Å². The van der Waals surface area contributed by atoms with Gasteiger partial charge in [-0.3, -0.25) is 4.68 Å². The van der Waals surface area contributed by atoms with Crippen molar-refractivity contribution in [3.05, 3.63) is 16.4 Å². The average molecular weight is 240 g/mol. The van der Waals surface area contributed by atoms with Crippen molar-refractivity contribution in [3.63, 3.8) is 0 Å². The van der Waals surface area contributed by atoms with Crippen LogP contribution in [0.25, 0.3) is 0 Å². The van der Waals surface area contributed by atoms with Crippen LogP contribution >= 0.6 is 15.9 Å². The minimum Gasteiger partial charge on any atom is -0.254 e. The quantitative estimate of drug-likeness (QED) is 0.796. The smallest absolute Gasteiger partial charge is 0.122 e. The van der Waals surface area contributed by atoms with E-state index in [0.717, 1.165) is 10.5 Å². The summed E-state index contributed by atoms with van der Waals surface area (Å²) < 4.78 is 2.71. The van der Waals surface area contributed by atoms with E-state index in [-0.39, 0.29) is 0 Å². The summed E-state index contributed by atoms with van der Waals surface area (Å²) >= 11 is 3.39. The van der Waals surface area contributed by atoms with E-state index >= 15 is 0 Å². The Hall–Kier alpha value is -0.820. The van der Waals surface area contributed by atoms with Gasteiger partial charge in [0.25, 0.3) is 0 Å². The molecular formula is C9H10BrN3. The van der Waals surface area contributed by atoms with Gasteiger partial charge in [-0.1, -0.05) is 0 Å². The molecule has 0 spiro atoms. The van der Waals surface area contributed by atoms with E-state index in [1.807, 2.05) is 4.68 Å². The van der Waals surface area contributed by atoms with Crippen molar-refractivity contribution in [3.8, 4) is 6.07 Å². The molecule has 2 rings (SSSR count). The van der Waals surface area contributed by atoms with Crippen molar-refractivity contribution in [1.82, 2.24) is 9.78 Å². The molecule has 1 fully saturated rings. The number of halogens is 1. The Labute approximate surface area is 85.5 Å². The molecule has 1 aromatic rings. The third-order valence-electron chi connectivity index (χ3n) is 2.55. The maximum Gasteiger partial charge on any atom is 0.122 e. The van der Waals surface area contributed by atoms with E-state index in [1.165, 1.54) is 12.8 Å². The highest BCUT2D eigenvalue weighted by Crippen LogP contribution is 2.40. The van der Waals surface area contributed by atoms with Crippen LogP contribution in [0.4, 0.5) is 0 Å². The predicted octanol–water partition coefficient (Wildman–Crippen LogP) is 2.49. The highest BCUT2D eigenvalue weighted by molar-refractivity contribution is 9.10. The van der Waals surface area contributed by atoms with E-state index in [9.17, 15) is 0 Å². The van der Waals surface area contributed by atoms with Gasteiger partial charge in [0, 0.05) is 0 Å². The average Bonchev–Trinajstić information content (AvgIpc) is 2.89. The Morgan fingerprint density at radius 2 is 2.46 bits per heavy atom. The van der Waals surface area contributed by atoms with Crippen LogP contribution < -0.4 is 0 Å². The zero-order chi connectivity index (χ0) is 9.42. The van der Waals surface area contributed by atoms with Crippen molar-refractivity contribution in [2.45, 2.75) is 25.8 Å². The third-order valence-corrected chi connectivity index (χ3v) is 3.34. The van der Waals surface area contributed by atoms with Crippen LogP contribution in [0.3, 0.4) is 0 Å². The van der Waals surface area contributed by atoms with Crippen molar-refractivity contribution in [2.75, 3.05) is 0 Å². The summed E-state index contributed by atoms with van der Waals surface area (Å²) in [6.07, 6.45) is 4.19. The Balaban J connectivity index is 2.30. The topological polar surface area (TPSA) is 41.6 Å². The first-order valence-corrected chi connectivity index (χ1v) is 5.16. The third kappa shape index (κ3) is 1.49. The summed E-state index contributed by atoms with van der Waals surface area (Å²) in [5.41, 5.74) is 0.618. The molecule has 0 radical (unpaired) electrons. The Bertz CT molecular complexity index is 359. The maximum atomic E-state index is 8.73. The highest BCUT2D eigenvalue weighted by atomic mass is 79.9. The fraction of sp³-hybridized carbons (Fsp3) is 0.556. The molecule has 0 amide bonds. The Morgan fingerprint density at radius 1 is 1.77 bits per heavy atom. The first-order chi connectivity index (χ1) is 6.24. The van der Waals surface area contributed by atoms with Crippen molar-refractivity contribution < 1.29 is 0 Å². The van der Waals surface area contributed by atoms with Gasteiger partial charge in [-0.05, 0) is 41.6 Å². The van der Waals surface area contributed by atoms with E-state index < -0.39 is 0 Å². The summed E-state index contributed by atoms with van der Waals surface area (Å²) in [4.78, 5) is 0. The van der Waals surface area contributed by atoms with Crippen LogP contribution in [-0.2, 0) is 0 Å². The number of rotatable bonds is 2. The van der Waals surface area contributed by atoms with Crippen LogP contribution in [-0.4, -0.2) is 9.78 Å². The fourth-order valence-corrected chi connectivity index (χ4v) is 2.09. The lowest BCUT2D eigenvalue weighted by molar-refractivity contribution is 0.432. The molecule has 0 bridgehead atoms. The number of nitrogens with zero attached hydrogens (tertiary/aromatic N) is 3. The second-order valence-corrected chi connectivity index (χ2v) is 4.23. The lowest BCUT2D eigenvalue weighted by Gasteiger charge is -2.11. The molecule has 1 unspecified atom stereocenters. The summed E-state index contributed by atoms with van der Waals surface area (Å²) in [6, 6.07) is 2.51. The van der Waals surface area contributed by atoms with Crippen molar-refractivity contribution >= 4 is 15.9 Å². The van der Waals surface area contributed by atoms with Gasteiger partial charge in [0.1, 0.15) is 16.2 Å². The number of hydrogen-bond acceptors (Lipinski definition) is 2. The summed E-state index contributed by atoms with van der Waals surface area (Å²) in [6.45, 7) is 2.15. The molecule has 68 valence electrons. The first-order valence-electron chi connectivity index (χ1n) is 4.37. The molecule has 0 aromatic carbocycles. The van der Waals surface area contributed by atoms with Crippen LogP contribution in [0, 0.1) is 17.2 Å². The van der Waals surface area contributed by atoms with Gasteiger partial charge in [0.2, 0.25) is 0 Å². The van der Waals surface area contributed by atoms with Gasteiger partial charge in [0.05, 0.1) is 12.2 Å². The molecule has 0 saturated heterocycles. The highest BCUT2D eigenvalue weighted by Gasteiger charge is 2.30. The normalized spacial score (nSPS) is 18.2. The molecule has 4 heteroatoms. The van der Waals surface area contributed by atoms with E-state index in [2.05, 4.69) is 34.0 Å². The van der Waals surface area contributed by atoms with Gasteiger partial charge in [0.15, 0.2) is 0 Å². The SMILES string of the molecule is CC(C1CC1)n1ncc(C#N)c1Br. The fourth-order valence-electron chi connectivity index (χ4n) is 1.48. The van der Waals surface area contributed by atoms with E-state index in [0.29, 0.717) is 11.6 Å². The molecule has 1 aromatic heterocycles. The molecule has 0 N–H and O–H groups in total. The van der Waals surface area contributed by atoms with Gasteiger partial charge in [-0.2, -0.15) is 10.4 Å². The minimum absolute atomic E-state index is 0.413. The zero-order valence-corrected chi connectivity index (χ0v) is 8.95. The second kappa shape index (κ2) is 3.15. The summed E-state index contributed by atoms with van der Waals surface area (Å²) in [7, 11) is 0. The largest absolute Gasteiger partial charge is 0.254 e. The maximum absolute atomic E-state index is 8.73. The van der Waals surface area contributed by atoms with Gasteiger partial charge < -0.3 is 0 Å². The van der Waals surface area contributed by atoms with Crippen LogP contribution in [0.1, 0.15) is 31.4 Å². The van der Waals surface area contributed by atoms with Crippen molar-refractivity contribution in [2.24, 2.45) is 5.92 Å². The molecule has 0 aliphatic heterocycles. The van der Waals surface area contributed by atoms with E-state index in [1.54, 1.807) is 6.20 Å². The molecule has 1 atom stereocenters. The van der Waals surface area contributed by atoms with Gasteiger partial charge in [-0.15, -0.1) is 0 Å². The van der Waals surface area contributed by atoms with E-state index in [4.69, 9.17) is 5.26 Å². The second-order valence-electron chi connectivity index (χ2n) is 3.48. The first kappa shape index (κ1) is 8.76. The Kier molecular flexibility index (Phi) is 2.12. The monoisotopic (exact) mass is 239 g/mol.